The van der Waals surface area contributed by atoms with E-state index in [-0.39, 0.29) is 77.9 Å². The SMILES string of the molecule is O=C(COC(=O)[C@H](CCCCN1C(=O)[C@@H]2[C@@H]3CC[C@@H](C3)[C@@H]2C1=O)N1C(=O)[C@@H]2[C@@H]3CC[C@@H](C3)[C@@H]2C1=O)c1ccc(Br)cc1. The first-order chi connectivity index (χ1) is 20.2. The van der Waals surface area contributed by atoms with Gasteiger partial charge in [0.25, 0.3) is 0 Å². The minimum atomic E-state index is -1.13. The summed E-state index contributed by atoms with van der Waals surface area (Å²) in [5.74, 6) is -1.95. The number of carbonyl (C=O) groups excluding carboxylic acids is 6. The monoisotopic (exact) mass is 638 g/mol. The number of likely N-dealkylation sites (tertiary alicyclic amines) is 2. The van der Waals surface area contributed by atoms with E-state index >= 15 is 0 Å². The summed E-state index contributed by atoms with van der Waals surface area (Å²) < 4.78 is 6.25. The van der Waals surface area contributed by atoms with Gasteiger partial charge in [-0.25, -0.2) is 4.79 Å². The number of imide groups is 2. The Morgan fingerprint density at radius 3 is 1.79 bits per heavy atom. The van der Waals surface area contributed by atoms with E-state index in [4.69, 9.17) is 4.74 Å². The van der Waals surface area contributed by atoms with E-state index in [9.17, 15) is 28.8 Å². The van der Waals surface area contributed by atoms with Crippen molar-refractivity contribution in [3.8, 4) is 0 Å². The molecule has 0 aromatic heterocycles. The fourth-order valence-corrected chi connectivity index (χ4v) is 9.61. The van der Waals surface area contributed by atoms with Gasteiger partial charge in [0.15, 0.2) is 12.4 Å². The Bertz CT molecular complexity index is 1300. The second-order valence-electron chi connectivity index (χ2n) is 13.2. The number of hydrogen-bond acceptors (Lipinski definition) is 7. The van der Waals surface area contributed by atoms with Crippen LogP contribution in [0, 0.1) is 47.3 Å². The summed E-state index contributed by atoms with van der Waals surface area (Å²) in [4.78, 5) is 81.9. The number of carbonyl (C=O) groups is 6. The Kier molecular flexibility index (Phi) is 7.10. The summed E-state index contributed by atoms with van der Waals surface area (Å²) in [7, 11) is 0. The van der Waals surface area contributed by atoms with Crippen molar-refractivity contribution < 1.29 is 33.5 Å². The van der Waals surface area contributed by atoms with E-state index in [0.29, 0.717) is 30.2 Å². The highest BCUT2D eigenvalue weighted by Crippen LogP contribution is 2.57. The highest BCUT2D eigenvalue weighted by atomic mass is 79.9. The van der Waals surface area contributed by atoms with Gasteiger partial charge in [0.1, 0.15) is 6.04 Å². The zero-order valence-corrected chi connectivity index (χ0v) is 25.0. The van der Waals surface area contributed by atoms with Crippen molar-refractivity contribution in [2.75, 3.05) is 13.2 Å². The molecule has 4 saturated carbocycles. The lowest BCUT2D eigenvalue weighted by Gasteiger charge is -2.26. The van der Waals surface area contributed by atoms with Crippen LogP contribution in [0.25, 0.3) is 0 Å². The molecule has 10 heteroatoms. The van der Waals surface area contributed by atoms with Crippen molar-refractivity contribution in [1.82, 2.24) is 9.80 Å². The van der Waals surface area contributed by atoms with Gasteiger partial charge in [0.2, 0.25) is 23.6 Å². The molecule has 6 fully saturated rings. The van der Waals surface area contributed by atoms with Gasteiger partial charge in [-0.3, -0.25) is 33.8 Å². The van der Waals surface area contributed by atoms with Crippen molar-refractivity contribution >= 4 is 51.3 Å². The third kappa shape index (κ3) is 4.38. The predicted molar refractivity (Wildman–Crippen MR) is 151 cm³/mol. The zero-order valence-electron chi connectivity index (χ0n) is 23.4. The van der Waals surface area contributed by atoms with E-state index < -0.39 is 18.6 Å². The highest BCUT2D eigenvalue weighted by Gasteiger charge is 2.63. The van der Waals surface area contributed by atoms with Gasteiger partial charge in [-0.1, -0.05) is 28.1 Å². The Hall–Kier alpha value is -2.88. The Labute approximate surface area is 252 Å². The molecule has 0 radical (unpaired) electrons. The molecular formula is C32H35BrN2O7. The molecule has 6 aliphatic rings. The average Bonchev–Trinajstić information content (AvgIpc) is 3.83. The summed E-state index contributed by atoms with van der Waals surface area (Å²) in [6.45, 7) is -0.224. The van der Waals surface area contributed by atoms with Crippen molar-refractivity contribution in [1.29, 1.82) is 0 Å². The molecular weight excluding hydrogens is 604 g/mol. The normalized spacial score (nSPS) is 34.9. The van der Waals surface area contributed by atoms with Crippen LogP contribution in [0.15, 0.2) is 28.7 Å². The van der Waals surface area contributed by atoms with Crippen molar-refractivity contribution in [3.63, 3.8) is 0 Å². The quantitative estimate of drug-likeness (QED) is 0.166. The van der Waals surface area contributed by atoms with Gasteiger partial charge in [-0.05, 0) is 93.6 Å². The number of hydrogen-bond donors (Lipinski definition) is 0. The molecule has 2 heterocycles. The molecule has 9 atom stereocenters. The summed E-state index contributed by atoms with van der Waals surface area (Å²) in [6.07, 6.45) is 6.80. The Morgan fingerprint density at radius 1 is 0.762 bits per heavy atom. The van der Waals surface area contributed by atoms with E-state index in [1.165, 1.54) is 4.90 Å². The van der Waals surface area contributed by atoms with Crippen molar-refractivity contribution in [3.05, 3.63) is 34.3 Å². The van der Waals surface area contributed by atoms with E-state index in [0.717, 1.165) is 47.9 Å². The van der Waals surface area contributed by atoms with Gasteiger partial charge >= 0.3 is 5.97 Å². The maximum atomic E-state index is 13.6. The number of halogens is 1. The predicted octanol–water partition coefficient (Wildman–Crippen LogP) is 3.78. The maximum Gasteiger partial charge on any atom is 0.329 e. The minimum Gasteiger partial charge on any atom is -0.456 e. The summed E-state index contributed by atoms with van der Waals surface area (Å²) in [5, 5.41) is 0. The Morgan fingerprint density at radius 2 is 1.26 bits per heavy atom. The van der Waals surface area contributed by atoms with Crippen LogP contribution in [0.5, 0.6) is 0 Å². The molecule has 222 valence electrons. The molecule has 0 spiro atoms. The van der Waals surface area contributed by atoms with Crippen LogP contribution in [0.3, 0.4) is 0 Å². The molecule has 2 saturated heterocycles. The number of amides is 4. The van der Waals surface area contributed by atoms with Gasteiger partial charge in [-0.15, -0.1) is 0 Å². The largest absolute Gasteiger partial charge is 0.456 e. The molecule has 1 aromatic carbocycles. The molecule has 1 aromatic rings. The van der Waals surface area contributed by atoms with E-state index in [2.05, 4.69) is 15.9 Å². The molecule has 42 heavy (non-hydrogen) atoms. The average molecular weight is 640 g/mol. The number of fused-ring (bicyclic) bond motifs is 10. The Balaban J connectivity index is 1.02. The van der Waals surface area contributed by atoms with Crippen LogP contribution in [-0.2, 0) is 28.7 Å². The smallest absolute Gasteiger partial charge is 0.329 e. The van der Waals surface area contributed by atoms with E-state index in [1.54, 1.807) is 24.3 Å². The third-order valence-corrected chi connectivity index (χ3v) is 11.7. The lowest BCUT2D eigenvalue weighted by molar-refractivity contribution is -0.159. The molecule has 9 nitrogen and oxygen atoms in total. The van der Waals surface area contributed by atoms with Crippen LogP contribution < -0.4 is 0 Å². The standard InChI is InChI=1S/C32H35BrN2O7/c33-21-10-8-16(9-11-21)23(36)15-42-32(41)22(35-30(39)26-19-6-7-20(14-19)27(26)31(35)40)3-1-2-12-34-28(37)24-17-4-5-18(13-17)25(24)29(34)38/h8-11,17-20,22,24-27H,1-7,12-15H2/t17-,18+,19-,20+,22-,24-,25+,26-,27+/m0/s1. The number of unbranched alkanes of at least 4 members (excludes halogenated alkanes) is 1. The highest BCUT2D eigenvalue weighted by molar-refractivity contribution is 9.10. The maximum absolute atomic E-state index is 13.6. The number of ketones is 1. The lowest BCUT2D eigenvalue weighted by Crippen LogP contribution is -2.47. The van der Waals surface area contributed by atoms with Gasteiger partial charge in [0, 0.05) is 16.6 Å². The third-order valence-electron chi connectivity index (χ3n) is 11.2. The topological polar surface area (TPSA) is 118 Å². The number of ether oxygens (including phenoxy) is 1. The summed E-state index contributed by atoms with van der Waals surface area (Å²) >= 11 is 3.33. The number of benzene rings is 1. The molecule has 0 N–H and O–H groups in total. The van der Waals surface area contributed by atoms with Crippen molar-refractivity contribution in [2.24, 2.45) is 47.3 Å². The molecule has 0 unspecified atom stereocenters. The summed E-state index contributed by atoms with van der Waals surface area (Å²) in [5.41, 5.74) is 0.389. The minimum absolute atomic E-state index is 0.0622. The van der Waals surface area contributed by atoms with Crippen LogP contribution in [0.1, 0.15) is 68.1 Å². The van der Waals surface area contributed by atoms with Crippen LogP contribution >= 0.6 is 15.9 Å². The van der Waals surface area contributed by atoms with Crippen LogP contribution in [0.2, 0.25) is 0 Å². The van der Waals surface area contributed by atoms with Crippen LogP contribution in [0.4, 0.5) is 0 Å². The van der Waals surface area contributed by atoms with Crippen molar-refractivity contribution in [2.45, 2.75) is 63.8 Å². The number of rotatable bonds is 10. The molecule has 4 amide bonds. The summed E-state index contributed by atoms with van der Waals surface area (Å²) in [6, 6.07) is 5.57. The van der Waals surface area contributed by atoms with Gasteiger partial charge in [-0.2, -0.15) is 0 Å². The van der Waals surface area contributed by atoms with Gasteiger partial charge in [0.05, 0.1) is 23.7 Å². The lowest BCUT2D eigenvalue weighted by atomic mass is 9.81. The first-order valence-electron chi connectivity index (χ1n) is 15.4. The molecule has 4 bridgehead atoms. The second kappa shape index (κ2) is 10.7. The fraction of sp³-hybridized carbons (Fsp3) is 0.625. The number of nitrogens with zero attached hydrogens (tertiary/aromatic N) is 2. The van der Waals surface area contributed by atoms with Gasteiger partial charge < -0.3 is 4.74 Å². The second-order valence-corrected chi connectivity index (χ2v) is 14.1. The number of Topliss-reactive ketones (excluding diaryl/α,β-unsaturated/α-hetero) is 1. The molecule has 2 aliphatic heterocycles. The molecule has 4 aliphatic carbocycles. The fourth-order valence-electron chi connectivity index (χ4n) is 9.34. The van der Waals surface area contributed by atoms with Crippen LogP contribution in [-0.4, -0.2) is 64.4 Å². The molecule has 7 rings (SSSR count). The zero-order chi connectivity index (χ0) is 29.3. The first-order valence-corrected chi connectivity index (χ1v) is 16.2. The first kappa shape index (κ1) is 27.9. The number of esters is 1. The van der Waals surface area contributed by atoms with E-state index in [1.807, 2.05) is 0 Å².